The molecule has 31 heavy (non-hydrogen) atoms. The number of carbonyl (C=O) groups excluding carboxylic acids is 1. The van der Waals surface area contributed by atoms with Crippen molar-refractivity contribution in [3.05, 3.63) is 53.6 Å². The van der Waals surface area contributed by atoms with E-state index in [2.05, 4.69) is 5.32 Å². The van der Waals surface area contributed by atoms with E-state index in [4.69, 9.17) is 14.2 Å². The molecule has 0 aromatic heterocycles. The molecule has 2 aromatic carbocycles. The Morgan fingerprint density at radius 1 is 1.06 bits per heavy atom. The summed E-state index contributed by atoms with van der Waals surface area (Å²) in [5, 5.41) is 2.88. The Bertz CT molecular complexity index is 986. The van der Waals surface area contributed by atoms with Crippen molar-refractivity contribution in [2.45, 2.75) is 24.3 Å². The van der Waals surface area contributed by atoms with E-state index in [1.54, 1.807) is 44.6 Å². The molecule has 8 nitrogen and oxygen atoms in total. The van der Waals surface area contributed by atoms with Gasteiger partial charge in [0, 0.05) is 31.6 Å². The summed E-state index contributed by atoms with van der Waals surface area (Å²) in [6.45, 7) is 1.88. The van der Waals surface area contributed by atoms with Crippen LogP contribution < -0.4 is 14.8 Å². The molecule has 1 heterocycles. The number of amides is 1. The van der Waals surface area contributed by atoms with Gasteiger partial charge in [0.15, 0.2) is 11.5 Å². The zero-order chi connectivity index (χ0) is 22.3. The van der Waals surface area contributed by atoms with Crippen molar-refractivity contribution < 1.29 is 27.4 Å². The molecule has 0 bridgehead atoms. The molecule has 9 heteroatoms. The Kier molecular flexibility index (Phi) is 7.89. The number of morpholine rings is 1. The molecule has 2 aromatic rings. The van der Waals surface area contributed by atoms with Crippen molar-refractivity contribution in [2.75, 3.05) is 40.5 Å². The zero-order valence-electron chi connectivity index (χ0n) is 17.8. The lowest BCUT2D eigenvalue weighted by Gasteiger charge is -2.26. The van der Waals surface area contributed by atoms with Crippen LogP contribution in [0.1, 0.15) is 17.5 Å². The molecule has 1 saturated heterocycles. The highest BCUT2D eigenvalue weighted by Crippen LogP contribution is 2.30. The summed E-state index contributed by atoms with van der Waals surface area (Å²) in [6, 6.07) is 12.2. The second-order valence-corrected chi connectivity index (χ2v) is 9.03. The van der Waals surface area contributed by atoms with Crippen LogP contribution in [0.15, 0.2) is 47.4 Å². The van der Waals surface area contributed by atoms with E-state index in [1.807, 2.05) is 12.1 Å². The molecule has 0 radical (unpaired) electrons. The number of sulfonamides is 1. The summed E-state index contributed by atoms with van der Waals surface area (Å²) >= 11 is 0. The molecule has 1 aliphatic rings. The Hall–Kier alpha value is -2.62. The minimum absolute atomic E-state index is 0.102. The first-order chi connectivity index (χ1) is 15.0. The second-order valence-electron chi connectivity index (χ2n) is 7.09. The highest BCUT2D eigenvalue weighted by molar-refractivity contribution is 7.89. The van der Waals surface area contributed by atoms with Crippen molar-refractivity contribution in [1.29, 1.82) is 0 Å². The summed E-state index contributed by atoms with van der Waals surface area (Å²) in [6.07, 6.45) is 0.806. The third-order valence-electron chi connectivity index (χ3n) is 5.13. The number of hydrogen-bond acceptors (Lipinski definition) is 6. The van der Waals surface area contributed by atoms with E-state index in [0.29, 0.717) is 57.2 Å². The van der Waals surface area contributed by atoms with Crippen LogP contribution in [0, 0.1) is 0 Å². The molecular formula is C22H28N2O6S. The van der Waals surface area contributed by atoms with Gasteiger partial charge in [0.2, 0.25) is 15.9 Å². The topological polar surface area (TPSA) is 94.2 Å². The number of aryl methyl sites for hydroxylation is 1. The van der Waals surface area contributed by atoms with Crippen LogP contribution in [0.2, 0.25) is 0 Å². The van der Waals surface area contributed by atoms with Crippen molar-refractivity contribution >= 4 is 15.9 Å². The van der Waals surface area contributed by atoms with Gasteiger partial charge in [-0.15, -0.1) is 0 Å². The number of ether oxygens (including phenoxy) is 3. The summed E-state index contributed by atoms with van der Waals surface area (Å²) in [7, 11) is -0.381. The first-order valence-corrected chi connectivity index (χ1v) is 11.5. The quantitative estimate of drug-likeness (QED) is 0.630. The van der Waals surface area contributed by atoms with Gasteiger partial charge in [0.05, 0.1) is 32.3 Å². The molecule has 0 saturated carbocycles. The standard InChI is InChI=1S/C22H28N2O6S/c1-28-20-5-3-4-18(22(20)29-2)16-23-21(25)11-8-17-6-9-19(10-7-17)31(26,27)24-12-14-30-15-13-24/h3-7,9-10H,8,11-16H2,1-2H3,(H,23,25). The lowest BCUT2D eigenvalue weighted by molar-refractivity contribution is -0.121. The molecule has 0 unspecified atom stereocenters. The van der Waals surface area contributed by atoms with E-state index in [0.717, 1.165) is 11.1 Å². The molecule has 1 N–H and O–H groups in total. The second kappa shape index (κ2) is 10.6. The van der Waals surface area contributed by atoms with Gasteiger partial charge in [0.1, 0.15) is 0 Å². The maximum atomic E-state index is 12.7. The van der Waals surface area contributed by atoms with E-state index in [9.17, 15) is 13.2 Å². The van der Waals surface area contributed by atoms with Crippen LogP contribution in [-0.2, 0) is 32.5 Å². The lowest BCUT2D eigenvalue weighted by Crippen LogP contribution is -2.40. The Labute approximate surface area is 183 Å². The maximum absolute atomic E-state index is 12.7. The Balaban J connectivity index is 1.53. The third kappa shape index (κ3) is 5.75. The van der Waals surface area contributed by atoms with E-state index in [1.165, 1.54) is 4.31 Å². The molecular weight excluding hydrogens is 420 g/mol. The van der Waals surface area contributed by atoms with E-state index in [-0.39, 0.29) is 10.8 Å². The molecule has 1 aliphatic heterocycles. The fourth-order valence-corrected chi connectivity index (χ4v) is 4.81. The number of hydrogen-bond donors (Lipinski definition) is 1. The predicted molar refractivity (Wildman–Crippen MR) is 116 cm³/mol. The summed E-state index contributed by atoms with van der Waals surface area (Å²) in [4.78, 5) is 12.5. The molecule has 3 rings (SSSR count). The predicted octanol–water partition coefficient (Wildman–Crippen LogP) is 1.97. The largest absolute Gasteiger partial charge is 0.493 e. The number of methoxy groups -OCH3 is 2. The van der Waals surface area contributed by atoms with Crippen LogP contribution in [0.3, 0.4) is 0 Å². The van der Waals surface area contributed by atoms with Gasteiger partial charge < -0.3 is 19.5 Å². The van der Waals surface area contributed by atoms with Gasteiger partial charge >= 0.3 is 0 Å². The van der Waals surface area contributed by atoms with Gasteiger partial charge in [-0.2, -0.15) is 4.31 Å². The van der Waals surface area contributed by atoms with Crippen LogP contribution in [0.25, 0.3) is 0 Å². The summed E-state index contributed by atoms with van der Waals surface area (Å²) in [5.41, 5.74) is 1.72. The van der Waals surface area contributed by atoms with Crippen molar-refractivity contribution in [2.24, 2.45) is 0 Å². The van der Waals surface area contributed by atoms with Crippen molar-refractivity contribution in [3.8, 4) is 11.5 Å². The van der Waals surface area contributed by atoms with Crippen LogP contribution in [-0.4, -0.2) is 59.2 Å². The minimum Gasteiger partial charge on any atom is -0.493 e. The average molecular weight is 449 g/mol. The smallest absolute Gasteiger partial charge is 0.243 e. The number of nitrogens with one attached hydrogen (secondary N) is 1. The zero-order valence-corrected chi connectivity index (χ0v) is 18.6. The van der Waals surface area contributed by atoms with Gasteiger partial charge in [-0.1, -0.05) is 24.3 Å². The third-order valence-corrected chi connectivity index (χ3v) is 7.05. The van der Waals surface area contributed by atoms with E-state index < -0.39 is 10.0 Å². The number of nitrogens with zero attached hydrogens (tertiary/aromatic N) is 1. The first kappa shape index (κ1) is 23.1. The van der Waals surface area contributed by atoms with Crippen LogP contribution in [0.4, 0.5) is 0 Å². The first-order valence-electron chi connectivity index (χ1n) is 10.1. The fraction of sp³-hybridized carbons (Fsp3) is 0.409. The SMILES string of the molecule is COc1cccc(CNC(=O)CCc2ccc(S(=O)(=O)N3CCOCC3)cc2)c1OC. The van der Waals surface area contributed by atoms with Gasteiger partial charge in [-0.05, 0) is 30.2 Å². The van der Waals surface area contributed by atoms with Crippen LogP contribution >= 0.6 is 0 Å². The Morgan fingerprint density at radius 2 is 1.77 bits per heavy atom. The number of carbonyl (C=O) groups is 1. The number of benzene rings is 2. The van der Waals surface area contributed by atoms with E-state index >= 15 is 0 Å². The molecule has 0 spiro atoms. The fourth-order valence-electron chi connectivity index (χ4n) is 3.40. The van der Waals surface area contributed by atoms with Crippen LogP contribution in [0.5, 0.6) is 11.5 Å². The van der Waals surface area contributed by atoms with Gasteiger partial charge in [-0.3, -0.25) is 4.79 Å². The maximum Gasteiger partial charge on any atom is 0.243 e. The van der Waals surface area contributed by atoms with Crippen molar-refractivity contribution in [3.63, 3.8) is 0 Å². The molecule has 0 aliphatic carbocycles. The van der Waals surface area contributed by atoms with Gasteiger partial charge in [-0.25, -0.2) is 8.42 Å². The molecule has 1 fully saturated rings. The Morgan fingerprint density at radius 3 is 2.42 bits per heavy atom. The van der Waals surface area contributed by atoms with Gasteiger partial charge in [0.25, 0.3) is 0 Å². The summed E-state index contributed by atoms with van der Waals surface area (Å²) in [5.74, 6) is 1.11. The highest BCUT2D eigenvalue weighted by Gasteiger charge is 2.26. The number of rotatable bonds is 9. The lowest BCUT2D eigenvalue weighted by atomic mass is 10.1. The van der Waals surface area contributed by atoms with Crippen molar-refractivity contribution in [1.82, 2.24) is 9.62 Å². The minimum atomic E-state index is -3.51. The monoisotopic (exact) mass is 448 g/mol. The molecule has 0 atom stereocenters. The summed E-state index contributed by atoms with van der Waals surface area (Å²) < 4.78 is 42.6. The molecule has 1 amide bonds. The highest BCUT2D eigenvalue weighted by atomic mass is 32.2. The normalized spacial score (nSPS) is 14.8. The average Bonchev–Trinajstić information content (AvgIpc) is 2.81. The number of para-hydroxylation sites is 1. The molecule has 168 valence electrons.